The fourth-order valence-electron chi connectivity index (χ4n) is 3.52. The lowest BCUT2D eigenvalue weighted by Gasteiger charge is -2.47. The molecule has 2 aliphatic rings. The van der Waals surface area contributed by atoms with E-state index in [1.165, 1.54) is 0 Å². The Labute approximate surface area is 159 Å². The maximum Gasteiger partial charge on any atom is 0.260 e. The number of carbonyl (C=O) groups is 1. The second-order valence-corrected chi connectivity index (χ2v) is 7.70. The second kappa shape index (κ2) is 6.81. The van der Waals surface area contributed by atoms with E-state index in [9.17, 15) is 4.79 Å². The lowest BCUT2D eigenvalue weighted by molar-refractivity contribution is 0.0936. The molecule has 1 aromatic carbocycles. The van der Waals surface area contributed by atoms with Crippen molar-refractivity contribution in [3.8, 4) is 5.75 Å². The number of nitrogens with one attached hydrogen (secondary N) is 2. The van der Waals surface area contributed by atoms with Gasteiger partial charge in [0.05, 0.1) is 12.1 Å². The predicted octanol–water partition coefficient (Wildman–Crippen LogP) is 2.24. The van der Waals surface area contributed by atoms with Crippen molar-refractivity contribution in [2.75, 3.05) is 29.9 Å². The fourth-order valence-corrected chi connectivity index (χ4v) is 3.52. The summed E-state index contributed by atoms with van der Waals surface area (Å²) in [6.45, 7) is 8.27. The fraction of sp³-hybridized carbons (Fsp3) is 0.450. The zero-order chi connectivity index (χ0) is 19.0. The zero-order valence-electron chi connectivity index (χ0n) is 16.0. The molecule has 0 saturated carbocycles. The number of aromatic nitrogens is 2. The number of nitrogens with zero attached hydrogens (tertiary/aromatic N) is 3. The zero-order valence-corrected chi connectivity index (χ0v) is 16.0. The summed E-state index contributed by atoms with van der Waals surface area (Å²) in [6, 6.07) is 7.68. The Morgan fingerprint density at radius 2 is 2.15 bits per heavy atom. The van der Waals surface area contributed by atoms with Crippen LogP contribution in [0, 0.1) is 0 Å². The van der Waals surface area contributed by atoms with Crippen LogP contribution in [0.5, 0.6) is 5.75 Å². The van der Waals surface area contributed by atoms with E-state index < -0.39 is 0 Å². The van der Waals surface area contributed by atoms with Crippen LogP contribution in [0.1, 0.15) is 36.7 Å². The van der Waals surface area contributed by atoms with Gasteiger partial charge in [-0.3, -0.25) is 9.69 Å². The Hall–Kier alpha value is -2.67. The van der Waals surface area contributed by atoms with Crippen molar-refractivity contribution in [1.82, 2.24) is 15.3 Å². The minimum absolute atomic E-state index is 0.0529. The molecule has 4 rings (SSSR count). The molecule has 2 aromatic rings. The molecule has 0 bridgehead atoms. The Balaban J connectivity index is 1.71. The highest BCUT2D eigenvalue weighted by molar-refractivity contribution is 6.07. The van der Waals surface area contributed by atoms with Crippen LogP contribution < -0.4 is 20.3 Å². The monoisotopic (exact) mass is 367 g/mol. The summed E-state index contributed by atoms with van der Waals surface area (Å²) in [4.78, 5) is 24.2. The molecule has 1 aromatic heterocycles. The van der Waals surface area contributed by atoms with Crippen LogP contribution in [-0.2, 0) is 6.42 Å². The molecule has 1 amide bonds. The number of hydrogen-bond donors (Lipinski definition) is 2. The van der Waals surface area contributed by atoms with Crippen molar-refractivity contribution in [3.05, 3.63) is 41.6 Å². The van der Waals surface area contributed by atoms with E-state index in [-0.39, 0.29) is 17.5 Å². The average molecular weight is 367 g/mol. The van der Waals surface area contributed by atoms with Gasteiger partial charge in [-0.05, 0) is 50.6 Å². The van der Waals surface area contributed by atoms with Crippen molar-refractivity contribution < 1.29 is 9.53 Å². The van der Waals surface area contributed by atoms with Gasteiger partial charge >= 0.3 is 0 Å². The molecule has 27 heavy (non-hydrogen) atoms. The first kappa shape index (κ1) is 17.7. The summed E-state index contributed by atoms with van der Waals surface area (Å²) in [5, 5.41) is 6.48. The third-order valence-electron chi connectivity index (χ3n) is 4.98. The molecule has 142 valence electrons. The van der Waals surface area contributed by atoms with Gasteiger partial charge in [-0.2, -0.15) is 4.98 Å². The third-order valence-corrected chi connectivity index (χ3v) is 4.98. The van der Waals surface area contributed by atoms with Gasteiger partial charge in [-0.15, -0.1) is 0 Å². The number of benzene rings is 1. The largest absolute Gasteiger partial charge is 0.493 e. The summed E-state index contributed by atoms with van der Waals surface area (Å²) in [6.07, 6.45) is 2.53. The Bertz CT molecular complexity index is 863. The van der Waals surface area contributed by atoms with Crippen molar-refractivity contribution in [1.29, 1.82) is 0 Å². The average Bonchev–Trinajstić information content (AvgIpc) is 3.08. The van der Waals surface area contributed by atoms with Crippen LogP contribution >= 0.6 is 0 Å². The van der Waals surface area contributed by atoms with Crippen LogP contribution in [0.15, 0.2) is 30.5 Å². The molecule has 0 aliphatic carbocycles. The van der Waals surface area contributed by atoms with Crippen molar-refractivity contribution >= 4 is 17.7 Å². The SMILES string of the molecule is CC(C)Nc1nccc(N(C(=O)c2ccc3c(c2)CCO3)C2(C)CNC2)n1. The number of carbonyl (C=O) groups excluding carboxylic acids is 1. The highest BCUT2D eigenvalue weighted by Crippen LogP contribution is 2.31. The number of fused-ring (bicyclic) bond motifs is 1. The van der Waals surface area contributed by atoms with E-state index >= 15 is 0 Å². The smallest absolute Gasteiger partial charge is 0.260 e. The summed E-state index contributed by atoms with van der Waals surface area (Å²) in [5.74, 6) is 1.96. The molecule has 3 heterocycles. The molecule has 0 atom stereocenters. The lowest BCUT2D eigenvalue weighted by atomic mass is 9.91. The van der Waals surface area contributed by atoms with Gasteiger partial charge in [-0.25, -0.2) is 4.98 Å². The minimum atomic E-state index is -0.323. The van der Waals surface area contributed by atoms with Crippen LogP contribution in [0.25, 0.3) is 0 Å². The first-order valence-electron chi connectivity index (χ1n) is 9.37. The van der Waals surface area contributed by atoms with E-state index in [0.717, 1.165) is 30.8 Å². The van der Waals surface area contributed by atoms with Gasteiger partial charge < -0.3 is 15.4 Å². The summed E-state index contributed by atoms with van der Waals surface area (Å²) >= 11 is 0. The summed E-state index contributed by atoms with van der Waals surface area (Å²) in [7, 11) is 0. The van der Waals surface area contributed by atoms with Gasteiger partial charge in [0, 0.05) is 37.3 Å². The molecule has 1 saturated heterocycles. The van der Waals surface area contributed by atoms with E-state index in [4.69, 9.17) is 4.74 Å². The molecule has 7 nitrogen and oxygen atoms in total. The number of rotatable bonds is 5. The number of ether oxygens (including phenoxy) is 1. The first-order chi connectivity index (χ1) is 13.0. The Morgan fingerprint density at radius 1 is 1.33 bits per heavy atom. The van der Waals surface area contributed by atoms with Crippen LogP contribution in [0.4, 0.5) is 11.8 Å². The van der Waals surface area contributed by atoms with Crippen molar-refractivity contribution in [2.24, 2.45) is 0 Å². The quantitative estimate of drug-likeness (QED) is 0.844. The summed E-state index contributed by atoms with van der Waals surface area (Å²) in [5.41, 5.74) is 1.42. The van der Waals surface area contributed by atoms with Gasteiger partial charge in [0.1, 0.15) is 11.6 Å². The van der Waals surface area contributed by atoms with E-state index in [2.05, 4.69) is 27.5 Å². The van der Waals surface area contributed by atoms with E-state index in [1.54, 1.807) is 17.2 Å². The Kier molecular flexibility index (Phi) is 4.47. The molecule has 2 N–H and O–H groups in total. The molecule has 0 spiro atoms. The third kappa shape index (κ3) is 3.35. The van der Waals surface area contributed by atoms with Crippen LogP contribution in [0.2, 0.25) is 0 Å². The molecule has 1 fully saturated rings. The number of anilines is 2. The van der Waals surface area contributed by atoms with E-state index in [0.29, 0.717) is 23.9 Å². The molecule has 2 aliphatic heterocycles. The number of hydrogen-bond acceptors (Lipinski definition) is 6. The molecular formula is C20H25N5O2. The predicted molar refractivity (Wildman–Crippen MR) is 105 cm³/mol. The summed E-state index contributed by atoms with van der Waals surface area (Å²) < 4.78 is 5.57. The second-order valence-electron chi connectivity index (χ2n) is 7.70. The highest BCUT2D eigenvalue weighted by Gasteiger charge is 2.43. The maximum absolute atomic E-state index is 13.5. The molecule has 7 heteroatoms. The minimum Gasteiger partial charge on any atom is -0.493 e. The van der Waals surface area contributed by atoms with Crippen molar-refractivity contribution in [3.63, 3.8) is 0 Å². The number of amides is 1. The Morgan fingerprint density at radius 3 is 2.85 bits per heavy atom. The van der Waals surface area contributed by atoms with Crippen molar-refractivity contribution in [2.45, 2.75) is 38.8 Å². The van der Waals surface area contributed by atoms with Gasteiger partial charge in [0.15, 0.2) is 0 Å². The molecule has 0 radical (unpaired) electrons. The highest BCUT2D eigenvalue weighted by atomic mass is 16.5. The standard InChI is InChI=1S/C20H25N5O2/c1-13(2)23-19-22-8-6-17(24-19)25(20(3)11-21-12-20)18(26)15-4-5-16-14(10-15)7-9-27-16/h4-6,8,10,13,21H,7,9,11-12H2,1-3H3,(H,22,23,24). The van der Waals surface area contributed by atoms with Crippen LogP contribution in [0.3, 0.4) is 0 Å². The van der Waals surface area contributed by atoms with Gasteiger partial charge in [0.2, 0.25) is 5.95 Å². The first-order valence-corrected chi connectivity index (χ1v) is 9.37. The van der Waals surface area contributed by atoms with Gasteiger partial charge in [0.25, 0.3) is 5.91 Å². The lowest BCUT2D eigenvalue weighted by Crippen LogP contribution is -2.69. The normalized spacial score (nSPS) is 17.0. The van der Waals surface area contributed by atoms with Crippen LogP contribution in [-0.4, -0.2) is 47.2 Å². The molecular weight excluding hydrogens is 342 g/mol. The molecule has 0 unspecified atom stereocenters. The topological polar surface area (TPSA) is 79.4 Å². The maximum atomic E-state index is 13.5. The van der Waals surface area contributed by atoms with Gasteiger partial charge in [-0.1, -0.05) is 0 Å². The van der Waals surface area contributed by atoms with E-state index in [1.807, 2.05) is 32.0 Å².